The number of methoxy groups -OCH3 is 1. The summed E-state index contributed by atoms with van der Waals surface area (Å²) >= 11 is 0. The van der Waals surface area contributed by atoms with Gasteiger partial charge in [0.05, 0.1) is 7.11 Å². The van der Waals surface area contributed by atoms with Crippen molar-refractivity contribution >= 4 is 0 Å². The second kappa shape index (κ2) is 8.04. The molecule has 0 bridgehead atoms. The monoisotopic (exact) mass is 260 g/mol. The maximum atomic E-state index is 5.46. The molecule has 1 aromatic rings. The van der Waals surface area contributed by atoms with Gasteiger partial charge in [0.2, 0.25) is 0 Å². The van der Waals surface area contributed by atoms with E-state index in [9.17, 15) is 0 Å². The highest BCUT2D eigenvalue weighted by molar-refractivity contribution is 5.40. The van der Waals surface area contributed by atoms with Crippen LogP contribution < -0.4 is 4.74 Å². The third kappa shape index (κ3) is 4.41. The fraction of sp³-hybridized carbons (Fsp3) is 0.556. The van der Waals surface area contributed by atoms with E-state index in [4.69, 9.17) is 4.74 Å². The number of rotatable bonds is 7. The van der Waals surface area contributed by atoms with Gasteiger partial charge in [-0.3, -0.25) is 0 Å². The quantitative estimate of drug-likeness (QED) is 0.574. The Morgan fingerprint density at radius 1 is 1.16 bits per heavy atom. The van der Waals surface area contributed by atoms with Gasteiger partial charge in [-0.1, -0.05) is 52.0 Å². The van der Waals surface area contributed by atoms with Crippen molar-refractivity contribution in [3.8, 4) is 5.75 Å². The zero-order valence-corrected chi connectivity index (χ0v) is 13.1. The molecule has 0 saturated heterocycles. The lowest BCUT2D eigenvalue weighted by molar-refractivity contribution is 0.407. The highest BCUT2D eigenvalue weighted by Gasteiger charge is 2.13. The summed E-state index contributed by atoms with van der Waals surface area (Å²) in [7, 11) is 1.75. The Hall–Kier alpha value is -1.24. The van der Waals surface area contributed by atoms with Crippen molar-refractivity contribution in [2.45, 2.75) is 58.8 Å². The molecule has 1 unspecified atom stereocenters. The predicted molar refractivity (Wildman–Crippen MR) is 84.2 cm³/mol. The lowest BCUT2D eigenvalue weighted by Crippen LogP contribution is -2.00. The fourth-order valence-corrected chi connectivity index (χ4v) is 2.42. The smallest absolute Gasteiger partial charge is 0.122 e. The van der Waals surface area contributed by atoms with Gasteiger partial charge in [0.25, 0.3) is 0 Å². The highest BCUT2D eigenvalue weighted by Crippen LogP contribution is 2.32. The molecule has 106 valence electrons. The molecule has 1 aromatic carbocycles. The minimum atomic E-state index is 0.499. The van der Waals surface area contributed by atoms with Gasteiger partial charge in [-0.25, -0.2) is 0 Å². The van der Waals surface area contributed by atoms with Crippen LogP contribution in [0.1, 0.15) is 69.9 Å². The van der Waals surface area contributed by atoms with E-state index >= 15 is 0 Å². The molecular weight excluding hydrogens is 232 g/mol. The lowest BCUT2D eigenvalue weighted by Gasteiger charge is -2.18. The van der Waals surface area contributed by atoms with E-state index < -0.39 is 0 Å². The zero-order valence-electron chi connectivity index (χ0n) is 13.1. The van der Waals surface area contributed by atoms with Gasteiger partial charge in [-0.2, -0.15) is 0 Å². The van der Waals surface area contributed by atoms with Crippen LogP contribution in [-0.4, -0.2) is 7.11 Å². The van der Waals surface area contributed by atoms with Crippen molar-refractivity contribution in [3.05, 3.63) is 41.5 Å². The van der Waals surface area contributed by atoms with Gasteiger partial charge in [0, 0.05) is 0 Å². The molecule has 1 nitrogen and oxygen atoms in total. The molecule has 1 rings (SSSR count). The van der Waals surface area contributed by atoms with Crippen LogP contribution in [0.2, 0.25) is 0 Å². The molecule has 0 fully saturated rings. The molecular formula is C18H28O. The van der Waals surface area contributed by atoms with Crippen molar-refractivity contribution in [1.29, 1.82) is 0 Å². The lowest BCUT2D eigenvalue weighted by atomic mass is 9.89. The Labute approximate surface area is 118 Å². The van der Waals surface area contributed by atoms with E-state index in [1.807, 2.05) is 0 Å². The molecule has 0 aliphatic rings. The SMILES string of the molecule is CC/C=C\CC(CC)c1ccc(OC)c(C(C)C)c1. The first-order chi connectivity index (χ1) is 9.13. The predicted octanol–water partition coefficient (Wildman–Crippen LogP) is 5.67. The molecule has 0 heterocycles. The van der Waals surface area contributed by atoms with Crippen LogP contribution >= 0.6 is 0 Å². The zero-order chi connectivity index (χ0) is 14.3. The fourth-order valence-electron chi connectivity index (χ4n) is 2.42. The number of allylic oxidation sites excluding steroid dienone is 2. The Kier molecular flexibility index (Phi) is 6.69. The summed E-state index contributed by atoms with van der Waals surface area (Å²) in [5, 5.41) is 0. The number of benzene rings is 1. The summed E-state index contributed by atoms with van der Waals surface area (Å²) < 4.78 is 5.46. The maximum absolute atomic E-state index is 5.46. The second-order valence-corrected chi connectivity index (χ2v) is 5.38. The molecule has 0 saturated carbocycles. The van der Waals surface area contributed by atoms with Crippen LogP contribution in [0.15, 0.2) is 30.4 Å². The maximum Gasteiger partial charge on any atom is 0.122 e. The summed E-state index contributed by atoms with van der Waals surface area (Å²) in [6.45, 7) is 8.89. The Balaban J connectivity index is 2.98. The van der Waals surface area contributed by atoms with E-state index in [-0.39, 0.29) is 0 Å². The summed E-state index contributed by atoms with van der Waals surface area (Å²) in [5.74, 6) is 2.13. The summed E-state index contributed by atoms with van der Waals surface area (Å²) in [5.41, 5.74) is 2.76. The van der Waals surface area contributed by atoms with Gasteiger partial charge in [0.15, 0.2) is 0 Å². The van der Waals surface area contributed by atoms with Crippen LogP contribution in [0.4, 0.5) is 0 Å². The number of ether oxygens (including phenoxy) is 1. The second-order valence-electron chi connectivity index (χ2n) is 5.38. The summed E-state index contributed by atoms with van der Waals surface area (Å²) in [4.78, 5) is 0. The van der Waals surface area contributed by atoms with E-state index in [0.717, 1.165) is 18.6 Å². The third-order valence-corrected chi connectivity index (χ3v) is 3.66. The Morgan fingerprint density at radius 3 is 2.42 bits per heavy atom. The van der Waals surface area contributed by atoms with Gasteiger partial charge >= 0.3 is 0 Å². The first-order valence-electron chi connectivity index (χ1n) is 7.46. The van der Waals surface area contributed by atoms with Crippen LogP contribution in [0.25, 0.3) is 0 Å². The van der Waals surface area contributed by atoms with Crippen molar-refractivity contribution in [2.75, 3.05) is 7.11 Å². The van der Waals surface area contributed by atoms with E-state index in [1.165, 1.54) is 17.5 Å². The average molecular weight is 260 g/mol. The Morgan fingerprint density at radius 2 is 1.89 bits per heavy atom. The van der Waals surface area contributed by atoms with Crippen molar-refractivity contribution in [3.63, 3.8) is 0 Å². The molecule has 0 aliphatic heterocycles. The molecule has 1 heteroatoms. The van der Waals surface area contributed by atoms with E-state index in [2.05, 4.69) is 58.0 Å². The van der Waals surface area contributed by atoms with Gasteiger partial charge in [-0.05, 0) is 48.3 Å². The topological polar surface area (TPSA) is 9.23 Å². The van der Waals surface area contributed by atoms with Crippen LogP contribution in [0, 0.1) is 0 Å². The molecule has 1 atom stereocenters. The molecule has 0 aliphatic carbocycles. The molecule has 0 radical (unpaired) electrons. The van der Waals surface area contributed by atoms with Crippen molar-refractivity contribution in [1.82, 2.24) is 0 Å². The highest BCUT2D eigenvalue weighted by atomic mass is 16.5. The van der Waals surface area contributed by atoms with Gasteiger partial charge < -0.3 is 4.74 Å². The van der Waals surface area contributed by atoms with Gasteiger partial charge in [-0.15, -0.1) is 0 Å². The van der Waals surface area contributed by atoms with Crippen molar-refractivity contribution < 1.29 is 4.74 Å². The minimum Gasteiger partial charge on any atom is -0.496 e. The van der Waals surface area contributed by atoms with Crippen LogP contribution in [0.3, 0.4) is 0 Å². The molecule has 0 aromatic heterocycles. The van der Waals surface area contributed by atoms with Crippen LogP contribution in [-0.2, 0) is 0 Å². The molecule has 0 spiro atoms. The largest absolute Gasteiger partial charge is 0.496 e. The average Bonchev–Trinajstić information content (AvgIpc) is 2.43. The summed E-state index contributed by atoms with van der Waals surface area (Å²) in [6, 6.07) is 6.67. The van der Waals surface area contributed by atoms with Gasteiger partial charge in [0.1, 0.15) is 5.75 Å². The first-order valence-corrected chi connectivity index (χ1v) is 7.46. The Bertz CT molecular complexity index is 404. The number of hydrogen-bond donors (Lipinski definition) is 0. The number of hydrogen-bond acceptors (Lipinski definition) is 1. The van der Waals surface area contributed by atoms with E-state index in [0.29, 0.717) is 11.8 Å². The third-order valence-electron chi connectivity index (χ3n) is 3.66. The van der Waals surface area contributed by atoms with Crippen LogP contribution in [0.5, 0.6) is 5.75 Å². The normalized spacial score (nSPS) is 13.2. The molecule has 19 heavy (non-hydrogen) atoms. The first kappa shape index (κ1) is 15.8. The van der Waals surface area contributed by atoms with E-state index in [1.54, 1.807) is 7.11 Å². The van der Waals surface area contributed by atoms with Crippen molar-refractivity contribution in [2.24, 2.45) is 0 Å². The summed E-state index contributed by atoms with van der Waals surface area (Å²) in [6.07, 6.45) is 8.01. The standard InChI is InChI=1S/C18H28O/c1-6-8-9-10-15(7-2)16-11-12-18(19-5)17(13-16)14(3)4/h8-9,11-15H,6-7,10H2,1-5H3/b9-8-. The molecule has 0 N–H and O–H groups in total. The molecule has 0 amide bonds. The minimum absolute atomic E-state index is 0.499.